The third kappa shape index (κ3) is 2.56. The maximum atomic E-state index is 4.64. The molecule has 0 bridgehead atoms. The quantitative estimate of drug-likeness (QED) is 0.899. The highest BCUT2D eigenvalue weighted by Crippen LogP contribution is 2.41. The van der Waals surface area contributed by atoms with Crippen molar-refractivity contribution in [1.82, 2.24) is 5.32 Å². The van der Waals surface area contributed by atoms with Gasteiger partial charge in [0.1, 0.15) is 0 Å². The van der Waals surface area contributed by atoms with Crippen LogP contribution in [0.4, 0.5) is 0 Å². The average Bonchev–Trinajstić information content (AvgIpc) is 3.11. The van der Waals surface area contributed by atoms with Crippen LogP contribution in [-0.2, 0) is 0 Å². The molecule has 0 radical (unpaired) electrons. The molecule has 2 aliphatic rings. The molecule has 1 fully saturated rings. The van der Waals surface area contributed by atoms with Crippen molar-refractivity contribution in [2.24, 2.45) is 10.9 Å². The van der Waals surface area contributed by atoms with Gasteiger partial charge in [-0.05, 0) is 43.7 Å². The number of nitrogens with one attached hydrogen (secondary N) is 1. The number of aryl methyl sites for hydroxylation is 1. The van der Waals surface area contributed by atoms with Crippen LogP contribution in [0.25, 0.3) is 0 Å². The second-order valence-corrected chi connectivity index (χ2v) is 6.59. The van der Waals surface area contributed by atoms with Crippen molar-refractivity contribution >= 4 is 16.9 Å². The van der Waals surface area contributed by atoms with E-state index in [2.05, 4.69) is 48.4 Å². The summed E-state index contributed by atoms with van der Waals surface area (Å²) >= 11 is 1.95. The molecular weight excluding hydrogens is 240 g/mol. The fraction of sp³-hybridized carbons (Fsp3) is 0.533. The summed E-state index contributed by atoms with van der Waals surface area (Å²) in [4.78, 5) is 4.64. The Labute approximate surface area is 113 Å². The number of benzene rings is 1. The molecule has 2 atom stereocenters. The topological polar surface area (TPSA) is 24.4 Å². The first-order valence-corrected chi connectivity index (χ1v) is 7.65. The minimum absolute atomic E-state index is 0.343. The van der Waals surface area contributed by atoms with Crippen molar-refractivity contribution in [3.8, 4) is 0 Å². The number of amidine groups is 1. The summed E-state index contributed by atoms with van der Waals surface area (Å²) in [7, 11) is 0. The highest BCUT2D eigenvalue weighted by Gasteiger charge is 2.35. The lowest BCUT2D eigenvalue weighted by atomic mass is 10.0. The Balaban J connectivity index is 1.61. The minimum atomic E-state index is 0.343. The Morgan fingerprint density at radius 3 is 2.83 bits per heavy atom. The van der Waals surface area contributed by atoms with Crippen molar-refractivity contribution in [3.63, 3.8) is 0 Å². The largest absolute Gasteiger partial charge is 0.358 e. The summed E-state index contributed by atoms with van der Waals surface area (Å²) in [5.41, 5.74) is 2.72. The van der Waals surface area contributed by atoms with Crippen LogP contribution in [0.3, 0.4) is 0 Å². The van der Waals surface area contributed by atoms with Gasteiger partial charge in [-0.3, -0.25) is 4.99 Å². The van der Waals surface area contributed by atoms with Crippen molar-refractivity contribution < 1.29 is 0 Å². The average molecular weight is 260 g/mol. The number of aliphatic imine (C=N–C) groups is 1. The summed E-state index contributed by atoms with van der Waals surface area (Å²) in [6, 6.07) is 8.92. The van der Waals surface area contributed by atoms with Gasteiger partial charge < -0.3 is 5.32 Å². The predicted molar refractivity (Wildman–Crippen MR) is 79.1 cm³/mol. The van der Waals surface area contributed by atoms with Crippen LogP contribution in [0.15, 0.2) is 29.3 Å². The smallest absolute Gasteiger partial charge is 0.157 e. The van der Waals surface area contributed by atoms with Gasteiger partial charge in [-0.2, -0.15) is 0 Å². The van der Waals surface area contributed by atoms with Crippen LogP contribution in [0.2, 0.25) is 0 Å². The molecule has 96 valence electrons. The van der Waals surface area contributed by atoms with Gasteiger partial charge in [-0.25, -0.2) is 0 Å². The van der Waals surface area contributed by atoms with Crippen LogP contribution >= 0.6 is 11.8 Å². The first-order valence-electron chi connectivity index (χ1n) is 6.77. The maximum absolute atomic E-state index is 4.64. The van der Waals surface area contributed by atoms with Gasteiger partial charge in [0, 0.05) is 5.25 Å². The molecule has 1 saturated carbocycles. The Bertz CT molecular complexity index is 465. The van der Waals surface area contributed by atoms with Crippen molar-refractivity contribution in [1.29, 1.82) is 0 Å². The highest BCUT2D eigenvalue weighted by atomic mass is 32.2. The van der Waals surface area contributed by atoms with Gasteiger partial charge in [0.15, 0.2) is 5.17 Å². The van der Waals surface area contributed by atoms with Gasteiger partial charge in [-0.15, -0.1) is 0 Å². The molecule has 1 aromatic rings. The lowest BCUT2D eigenvalue weighted by Crippen LogP contribution is -2.24. The van der Waals surface area contributed by atoms with Gasteiger partial charge >= 0.3 is 0 Å². The molecule has 2 unspecified atom stereocenters. The van der Waals surface area contributed by atoms with E-state index in [9.17, 15) is 0 Å². The molecule has 3 rings (SSSR count). The summed E-state index contributed by atoms with van der Waals surface area (Å²) < 4.78 is 0. The zero-order valence-electron chi connectivity index (χ0n) is 11.0. The van der Waals surface area contributed by atoms with E-state index in [0.717, 1.165) is 22.9 Å². The van der Waals surface area contributed by atoms with Crippen LogP contribution < -0.4 is 5.32 Å². The summed E-state index contributed by atoms with van der Waals surface area (Å²) in [6.07, 6.45) is 2.82. The fourth-order valence-electron chi connectivity index (χ4n) is 2.52. The Morgan fingerprint density at radius 2 is 2.11 bits per heavy atom. The molecule has 1 aliphatic carbocycles. The van der Waals surface area contributed by atoms with Crippen LogP contribution in [0, 0.1) is 12.8 Å². The lowest BCUT2D eigenvalue weighted by molar-refractivity contribution is 0.716. The SMILES string of the molecule is Cc1ccccc1C(C)NC1=NCC(C2CC2)S1. The molecule has 2 nitrogen and oxygen atoms in total. The molecule has 0 aromatic heterocycles. The number of nitrogens with zero attached hydrogens (tertiary/aromatic N) is 1. The lowest BCUT2D eigenvalue weighted by Gasteiger charge is -2.17. The van der Waals surface area contributed by atoms with Gasteiger partial charge in [0.05, 0.1) is 12.6 Å². The van der Waals surface area contributed by atoms with E-state index in [0.29, 0.717) is 6.04 Å². The van der Waals surface area contributed by atoms with E-state index in [1.807, 2.05) is 11.8 Å². The summed E-state index contributed by atoms with van der Waals surface area (Å²) in [5.74, 6) is 0.937. The molecule has 1 aromatic carbocycles. The molecule has 1 N–H and O–H groups in total. The zero-order chi connectivity index (χ0) is 12.5. The van der Waals surface area contributed by atoms with E-state index >= 15 is 0 Å². The van der Waals surface area contributed by atoms with E-state index in [1.165, 1.54) is 24.0 Å². The molecule has 1 heterocycles. The molecule has 0 amide bonds. The Hall–Kier alpha value is -0.960. The Kier molecular flexibility index (Phi) is 3.33. The number of hydrogen-bond donors (Lipinski definition) is 1. The van der Waals surface area contributed by atoms with Crippen molar-refractivity contribution in [2.75, 3.05) is 6.54 Å². The predicted octanol–water partition coefficient (Wildman–Crippen LogP) is 3.53. The normalized spacial score (nSPS) is 24.8. The molecular formula is C15H20N2S. The third-order valence-electron chi connectivity index (χ3n) is 3.82. The number of thioether (sulfide) groups is 1. The standard InChI is InChI=1S/C15H20N2S/c1-10-5-3-4-6-13(10)11(2)17-15-16-9-14(18-15)12-7-8-12/h3-6,11-12,14H,7-9H2,1-2H3,(H,16,17). The monoisotopic (exact) mass is 260 g/mol. The molecule has 1 aliphatic heterocycles. The molecule has 0 spiro atoms. The molecule has 3 heteroatoms. The van der Waals surface area contributed by atoms with Crippen LogP contribution in [0.5, 0.6) is 0 Å². The van der Waals surface area contributed by atoms with Crippen LogP contribution in [-0.4, -0.2) is 17.0 Å². The van der Waals surface area contributed by atoms with Crippen LogP contribution in [0.1, 0.15) is 36.9 Å². The highest BCUT2D eigenvalue weighted by molar-refractivity contribution is 8.14. The Morgan fingerprint density at radius 1 is 1.33 bits per heavy atom. The zero-order valence-corrected chi connectivity index (χ0v) is 11.8. The number of hydrogen-bond acceptors (Lipinski definition) is 3. The molecule has 18 heavy (non-hydrogen) atoms. The minimum Gasteiger partial charge on any atom is -0.358 e. The van der Waals surface area contributed by atoms with E-state index < -0.39 is 0 Å². The molecule has 0 saturated heterocycles. The van der Waals surface area contributed by atoms with E-state index in [4.69, 9.17) is 0 Å². The van der Waals surface area contributed by atoms with Crippen molar-refractivity contribution in [2.45, 2.75) is 38.0 Å². The van der Waals surface area contributed by atoms with Gasteiger partial charge in [0.25, 0.3) is 0 Å². The van der Waals surface area contributed by atoms with E-state index in [-0.39, 0.29) is 0 Å². The fourth-order valence-corrected chi connectivity index (χ4v) is 3.81. The second-order valence-electron chi connectivity index (χ2n) is 5.36. The van der Waals surface area contributed by atoms with Gasteiger partial charge in [-0.1, -0.05) is 36.0 Å². The third-order valence-corrected chi connectivity index (χ3v) is 5.13. The maximum Gasteiger partial charge on any atom is 0.157 e. The number of rotatable bonds is 3. The van der Waals surface area contributed by atoms with Crippen molar-refractivity contribution in [3.05, 3.63) is 35.4 Å². The first kappa shape index (κ1) is 12.1. The summed E-state index contributed by atoms with van der Waals surface area (Å²) in [5, 5.41) is 5.45. The van der Waals surface area contributed by atoms with Gasteiger partial charge in [0.2, 0.25) is 0 Å². The second kappa shape index (κ2) is 4.96. The van der Waals surface area contributed by atoms with E-state index in [1.54, 1.807) is 0 Å². The first-order chi connectivity index (χ1) is 8.74. The summed E-state index contributed by atoms with van der Waals surface area (Å²) in [6.45, 7) is 5.40.